The molecule has 3 aromatic rings. The predicted molar refractivity (Wildman–Crippen MR) is 152 cm³/mol. The zero-order chi connectivity index (χ0) is 30.4. The van der Waals surface area contributed by atoms with Crippen LogP contribution in [0.15, 0.2) is 77.7 Å². The zero-order valence-corrected chi connectivity index (χ0v) is 24.5. The molecule has 0 saturated heterocycles. The Kier molecular flexibility index (Phi) is 10.7. The Bertz CT molecular complexity index is 1490. The van der Waals surface area contributed by atoms with Gasteiger partial charge >= 0.3 is 6.18 Å². The molecule has 7 nitrogen and oxygen atoms in total. The number of nitrogens with zero attached hydrogens (tertiary/aromatic N) is 2. The number of hydrogen-bond acceptors (Lipinski definition) is 4. The van der Waals surface area contributed by atoms with Crippen molar-refractivity contribution in [1.29, 1.82) is 0 Å². The molecule has 3 rings (SSSR count). The molecule has 0 fully saturated rings. The molecule has 2 amide bonds. The van der Waals surface area contributed by atoms with Crippen LogP contribution in [0, 0.1) is 0 Å². The van der Waals surface area contributed by atoms with Crippen molar-refractivity contribution in [3.05, 3.63) is 94.0 Å². The first-order chi connectivity index (χ1) is 19.3. The molecule has 1 unspecified atom stereocenters. The van der Waals surface area contributed by atoms with Crippen LogP contribution >= 0.6 is 23.2 Å². The fourth-order valence-corrected chi connectivity index (χ4v) is 5.79. The lowest BCUT2D eigenvalue weighted by atomic mass is 10.1. The summed E-state index contributed by atoms with van der Waals surface area (Å²) in [6, 6.07) is 14.2. The van der Waals surface area contributed by atoms with Crippen LogP contribution in [-0.2, 0) is 32.3 Å². The van der Waals surface area contributed by atoms with Gasteiger partial charge in [-0.15, -0.1) is 0 Å². The summed E-state index contributed by atoms with van der Waals surface area (Å²) in [5, 5.41) is 3.25. The van der Waals surface area contributed by atoms with E-state index in [1.54, 1.807) is 18.2 Å². The van der Waals surface area contributed by atoms with Gasteiger partial charge in [0.05, 0.1) is 16.1 Å². The number of benzene rings is 3. The van der Waals surface area contributed by atoms with Crippen LogP contribution in [0.3, 0.4) is 0 Å². The van der Waals surface area contributed by atoms with Crippen molar-refractivity contribution >= 4 is 50.7 Å². The second-order valence-electron chi connectivity index (χ2n) is 9.10. The molecule has 0 spiro atoms. The molecule has 0 saturated carbocycles. The van der Waals surface area contributed by atoms with Gasteiger partial charge in [-0.2, -0.15) is 13.2 Å². The van der Waals surface area contributed by atoms with Gasteiger partial charge in [0.1, 0.15) is 12.6 Å². The molecule has 13 heteroatoms. The summed E-state index contributed by atoms with van der Waals surface area (Å²) in [7, 11) is -4.52. The number of anilines is 1. The number of alkyl halides is 3. The molecular weight excluding hydrogens is 602 g/mol. The maximum atomic E-state index is 13.8. The minimum absolute atomic E-state index is 0.197. The summed E-state index contributed by atoms with van der Waals surface area (Å²) in [5.41, 5.74) is -1.03. The average Bonchev–Trinajstić information content (AvgIpc) is 2.93. The predicted octanol–water partition coefficient (Wildman–Crippen LogP) is 6.15. The SMILES string of the molecule is CCCNC(=O)C(C)N(Cc1ccc(Cl)cc1Cl)C(=O)CN(c1cccc(C(F)(F)F)c1)S(=O)(=O)c1ccccc1. The van der Waals surface area contributed by atoms with Crippen molar-refractivity contribution in [1.82, 2.24) is 10.2 Å². The normalized spacial score (nSPS) is 12.5. The number of rotatable bonds is 11. The van der Waals surface area contributed by atoms with Gasteiger partial charge in [0, 0.05) is 23.1 Å². The molecule has 0 heterocycles. The Morgan fingerprint density at radius 3 is 2.27 bits per heavy atom. The summed E-state index contributed by atoms with van der Waals surface area (Å²) >= 11 is 12.3. The van der Waals surface area contributed by atoms with Crippen LogP contribution in [0.1, 0.15) is 31.4 Å². The monoisotopic (exact) mass is 629 g/mol. The highest BCUT2D eigenvalue weighted by Gasteiger charge is 2.35. The van der Waals surface area contributed by atoms with E-state index >= 15 is 0 Å². The molecule has 41 heavy (non-hydrogen) atoms. The summed E-state index contributed by atoms with van der Waals surface area (Å²) < 4.78 is 68.6. The lowest BCUT2D eigenvalue weighted by molar-refractivity contribution is -0.139. The van der Waals surface area contributed by atoms with Crippen molar-refractivity contribution < 1.29 is 31.2 Å². The standard InChI is InChI=1S/C28H28Cl2F3N3O4S/c1-3-14-34-27(38)19(2)35(17-20-12-13-22(29)16-25(20)30)26(37)18-36(41(39,40)24-10-5-4-6-11-24)23-9-7-8-21(15-23)28(31,32)33/h4-13,15-16,19H,3,14,17-18H2,1-2H3,(H,34,38). The van der Waals surface area contributed by atoms with Crippen molar-refractivity contribution in [3.8, 4) is 0 Å². The van der Waals surface area contributed by atoms with Crippen LogP contribution in [0.2, 0.25) is 10.0 Å². The van der Waals surface area contributed by atoms with Crippen molar-refractivity contribution in [2.45, 2.75) is 43.9 Å². The average molecular weight is 631 g/mol. The Labute approximate surface area is 246 Å². The van der Waals surface area contributed by atoms with Gasteiger partial charge in [0.2, 0.25) is 11.8 Å². The van der Waals surface area contributed by atoms with Gasteiger partial charge in [-0.3, -0.25) is 13.9 Å². The van der Waals surface area contributed by atoms with Crippen molar-refractivity contribution in [2.75, 3.05) is 17.4 Å². The highest BCUT2D eigenvalue weighted by molar-refractivity contribution is 7.92. The van der Waals surface area contributed by atoms with Gasteiger partial charge in [0.15, 0.2) is 0 Å². The summed E-state index contributed by atoms with van der Waals surface area (Å²) in [6.07, 6.45) is -4.13. The highest BCUT2D eigenvalue weighted by atomic mass is 35.5. The smallest absolute Gasteiger partial charge is 0.354 e. The van der Waals surface area contributed by atoms with Crippen LogP contribution < -0.4 is 9.62 Å². The van der Waals surface area contributed by atoms with E-state index in [1.165, 1.54) is 43.3 Å². The number of carbonyl (C=O) groups excluding carboxylic acids is 2. The summed E-state index contributed by atoms with van der Waals surface area (Å²) in [4.78, 5) is 27.6. The van der Waals surface area contributed by atoms with Gasteiger partial charge < -0.3 is 10.2 Å². The van der Waals surface area contributed by atoms with Gasteiger partial charge in [-0.1, -0.05) is 60.5 Å². The minimum atomic E-state index is -4.76. The van der Waals surface area contributed by atoms with Gasteiger partial charge in [-0.05, 0) is 61.4 Å². The second-order valence-corrected chi connectivity index (χ2v) is 11.8. The summed E-state index contributed by atoms with van der Waals surface area (Å²) in [5.74, 6) is -1.34. The third-order valence-corrected chi connectivity index (χ3v) is 8.52. The first-order valence-corrected chi connectivity index (χ1v) is 14.7. The molecular formula is C28H28Cl2F3N3O4S. The van der Waals surface area contributed by atoms with Crippen molar-refractivity contribution in [3.63, 3.8) is 0 Å². The Hall–Kier alpha value is -3.28. The quantitative estimate of drug-likeness (QED) is 0.276. The number of halogens is 5. The van der Waals surface area contributed by atoms with Crippen LogP contribution in [0.5, 0.6) is 0 Å². The molecule has 0 aliphatic carbocycles. The summed E-state index contributed by atoms with van der Waals surface area (Å²) in [6.45, 7) is 2.56. The van der Waals surface area contributed by atoms with E-state index in [0.29, 0.717) is 33.9 Å². The maximum Gasteiger partial charge on any atom is 0.416 e. The molecule has 3 aromatic carbocycles. The number of carbonyl (C=O) groups is 2. The van der Waals surface area contributed by atoms with Crippen LogP contribution in [0.4, 0.5) is 18.9 Å². The number of hydrogen-bond donors (Lipinski definition) is 1. The van der Waals surface area contributed by atoms with E-state index in [4.69, 9.17) is 23.2 Å². The van der Waals surface area contributed by atoms with Gasteiger partial charge in [0.25, 0.3) is 10.0 Å². The zero-order valence-electron chi connectivity index (χ0n) is 22.2. The molecule has 0 aliphatic rings. The van der Waals surface area contributed by atoms with Crippen LogP contribution in [0.25, 0.3) is 0 Å². The topological polar surface area (TPSA) is 86.8 Å². The number of amides is 2. The Balaban J connectivity index is 2.09. The molecule has 220 valence electrons. The van der Waals surface area contributed by atoms with E-state index < -0.39 is 46.2 Å². The van der Waals surface area contributed by atoms with Crippen molar-refractivity contribution in [2.24, 2.45) is 0 Å². The molecule has 0 radical (unpaired) electrons. The Morgan fingerprint density at radius 2 is 1.66 bits per heavy atom. The highest BCUT2D eigenvalue weighted by Crippen LogP contribution is 2.33. The lowest BCUT2D eigenvalue weighted by Gasteiger charge is -2.32. The molecule has 1 atom stereocenters. The lowest BCUT2D eigenvalue weighted by Crippen LogP contribution is -2.51. The van der Waals surface area contributed by atoms with E-state index in [1.807, 2.05) is 6.92 Å². The fourth-order valence-electron chi connectivity index (χ4n) is 3.90. The second kappa shape index (κ2) is 13.6. The first kappa shape index (κ1) is 32.2. The largest absolute Gasteiger partial charge is 0.416 e. The molecule has 0 aromatic heterocycles. The number of sulfonamides is 1. The third kappa shape index (κ3) is 8.15. The first-order valence-electron chi connectivity index (χ1n) is 12.5. The maximum absolute atomic E-state index is 13.8. The minimum Gasteiger partial charge on any atom is -0.354 e. The molecule has 1 N–H and O–H groups in total. The van der Waals surface area contributed by atoms with Gasteiger partial charge in [-0.25, -0.2) is 8.42 Å². The van der Waals surface area contributed by atoms with E-state index in [0.717, 1.165) is 17.0 Å². The van der Waals surface area contributed by atoms with E-state index in [2.05, 4.69) is 5.32 Å². The van der Waals surface area contributed by atoms with E-state index in [9.17, 15) is 31.2 Å². The molecule has 0 bridgehead atoms. The fraction of sp³-hybridized carbons (Fsp3) is 0.286. The van der Waals surface area contributed by atoms with Crippen LogP contribution in [-0.4, -0.2) is 44.3 Å². The third-order valence-electron chi connectivity index (χ3n) is 6.14. The Morgan fingerprint density at radius 1 is 0.976 bits per heavy atom. The molecule has 0 aliphatic heterocycles. The van der Waals surface area contributed by atoms with E-state index in [-0.39, 0.29) is 22.2 Å². The number of nitrogens with one attached hydrogen (secondary N) is 1.